The molecule has 3 aromatic heterocycles. The monoisotopic (exact) mass is 298 g/mol. The van der Waals surface area contributed by atoms with Crippen molar-refractivity contribution in [3.8, 4) is 0 Å². The van der Waals surface area contributed by atoms with Crippen LogP contribution in [0.4, 0.5) is 5.82 Å². The molecule has 0 unspecified atom stereocenters. The van der Waals surface area contributed by atoms with Gasteiger partial charge in [-0.3, -0.25) is 9.67 Å². The van der Waals surface area contributed by atoms with E-state index in [2.05, 4.69) is 35.3 Å². The summed E-state index contributed by atoms with van der Waals surface area (Å²) < 4.78 is 1.93. The van der Waals surface area contributed by atoms with E-state index in [1.54, 1.807) is 12.4 Å². The van der Waals surface area contributed by atoms with Crippen LogP contribution in [-0.2, 0) is 13.1 Å². The Balaban J connectivity index is 1.61. The van der Waals surface area contributed by atoms with Gasteiger partial charge in [0.05, 0.1) is 6.54 Å². The van der Waals surface area contributed by atoms with Gasteiger partial charge in [0.1, 0.15) is 5.82 Å². The zero-order chi connectivity index (χ0) is 14.7. The van der Waals surface area contributed by atoms with Gasteiger partial charge in [0, 0.05) is 41.0 Å². The minimum atomic E-state index is 0.765. The number of rotatable bonds is 5. The fourth-order valence-electron chi connectivity index (χ4n) is 2.26. The molecule has 108 valence electrons. The third-order valence-corrected chi connectivity index (χ3v) is 4.35. The van der Waals surface area contributed by atoms with Gasteiger partial charge in [-0.15, -0.1) is 11.3 Å². The van der Waals surface area contributed by atoms with Crippen molar-refractivity contribution in [3.63, 3.8) is 0 Å². The zero-order valence-electron chi connectivity index (χ0n) is 12.2. The summed E-state index contributed by atoms with van der Waals surface area (Å²) in [5.41, 5.74) is 2.55. The standard InChI is InChI=1S/C16H18N4S/c1-12-9-15(13(2)21-12)10-18-16-5-8-20(19-16)11-14-3-6-17-7-4-14/h3-9H,10-11H2,1-2H3,(H,18,19). The molecule has 0 saturated heterocycles. The number of aryl methyl sites for hydroxylation is 2. The van der Waals surface area contributed by atoms with Gasteiger partial charge >= 0.3 is 0 Å². The summed E-state index contributed by atoms with van der Waals surface area (Å²) in [5, 5.41) is 7.93. The lowest BCUT2D eigenvalue weighted by atomic mass is 10.2. The second kappa shape index (κ2) is 6.10. The molecular weight excluding hydrogens is 280 g/mol. The third-order valence-electron chi connectivity index (χ3n) is 3.34. The Labute approximate surface area is 128 Å². The van der Waals surface area contributed by atoms with Crippen molar-refractivity contribution < 1.29 is 0 Å². The van der Waals surface area contributed by atoms with E-state index in [9.17, 15) is 0 Å². The van der Waals surface area contributed by atoms with Gasteiger partial charge in [0.2, 0.25) is 0 Å². The summed E-state index contributed by atoms with van der Waals surface area (Å²) in [5.74, 6) is 0.910. The molecule has 1 N–H and O–H groups in total. The molecule has 5 heteroatoms. The molecule has 0 aromatic carbocycles. The molecule has 0 saturated carbocycles. The van der Waals surface area contributed by atoms with Crippen LogP contribution in [0.3, 0.4) is 0 Å². The van der Waals surface area contributed by atoms with Crippen LogP contribution in [0.25, 0.3) is 0 Å². The Morgan fingerprint density at radius 2 is 2.00 bits per heavy atom. The van der Waals surface area contributed by atoms with E-state index in [-0.39, 0.29) is 0 Å². The topological polar surface area (TPSA) is 42.7 Å². The first kappa shape index (κ1) is 13.8. The summed E-state index contributed by atoms with van der Waals surface area (Å²) in [7, 11) is 0. The average molecular weight is 298 g/mol. The Morgan fingerprint density at radius 1 is 1.19 bits per heavy atom. The molecule has 3 rings (SSSR count). The number of thiophene rings is 1. The van der Waals surface area contributed by atoms with E-state index in [0.717, 1.165) is 18.9 Å². The molecule has 0 radical (unpaired) electrons. The van der Waals surface area contributed by atoms with Crippen LogP contribution in [0.5, 0.6) is 0 Å². The predicted molar refractivity (Wildman–Crippen MR) is 86.7 cm³/mol. The molecule has 0 bridgehead atoms. The van der Waals surface area contributed by atoms with Gasteiger partial charge in [0.15, 0.2) is 0 Å². The summed E-state index contributed by atoms with van der Waals surface area (Å²) >= 11 is 1.84. The minimum absolute atomic E-state index is 0.765. The van der Waals surface area contributed by atoms with Crippen molar-refractivity contribution in [2.75, 3.05) is 5.32 Å². The first-order chi connectivity index (χ1) is 10.2. The maximum Gasteiger partial charge on any atom is 0.148 e. The van der Waals surface area contributed by atoms with Crippen molar-refractivity contribution in [2.24, 2.45) is 0 Å². The fraction of sp³-hybridized carbons (Fsp3) is 0.250. The third kappa shape index (κ3) is 3.49. The first-order valence-electron chi connectivity index (χ1n) is 6.93. The molecule has 3 heterocycles. The van der Waals surface area contributed by atoms with Crippen molar-refractivity contribution >= 4 is 17.2 Å². The van der Waals surface area contributed by atoms with Crippen LogP contribution < -0.4 is 5.32 Å². The van der Waals surface area contributed by atoms with Crippen LogP contribution >= 0.6 is 11.3 Å². The second-order valence-corrected chi connectivity index (χ2v) is 6.51. The number of hydrogen-bond acceptors (Lipinski definition) is 4. The van der Waals surface area contributed by atoms with E-state index < -0.39 is 0 Å². The number of hydrogen-bond donors (Lipinski definition) is 1. The molecule has 4 nitrogen and oxygen atoms in total. The number of nitrogens with zero attached hydrogens (tertiary/aromatic N) is 3. The van der Waals surface area contributed by atoms with Crippen LogP contribution in [0.15, 0.2) is 42.9 Å². The second-order valence-electron chi connectivity index (χ2n) is 5.05. The Bertz CT molecular complexity index is 715. The van der Waals surface area contributed by atoms with Gasteiger partial charge in [-0.1, -0.05) is 0 Å². The molecular formula is C16H18N4S. The van der Waals surface area contributed by atoms with Crippen molar-refractivity contribution in [3.05, 3.63) is 63.7 Å². The van der Waals surface area contributed by atoms with Gasteiger partial charge in [0.25, 0.3) is 0 Å². The smallest absolute Gasteiger partial charge is 0.148 e. The Hall–Kier alpha value is -2.14. The SMILES string of the molecule is Cc1cc(CNc2ccn(Cc3ccncc3)n2)c(C)s1. The molecule has 0 atom stereocenters. The molecule has 3 aromatic rings. The highest BCUT2D eigenvalue weighted by Crippen LogP contribution is 2.21. The number of pyridine rings is 1. The first-order valence-corrected chi connectivity index (χ1v) is 7.74. The van der Waals surface area contributed by atoms with Gasteiger partial charge < -0.3 is 5.32 Å². The number of anilines is 1. The molecule has 0 spiro atoms. The lowest BCUT2D eigenvalue weighted by Crippen LogP contribution is -2.03. The summed E-state index contributed by atoms with van der Waals surface area (Å²) in [6.45, 7) is 5.89. The summed E-state index contributed by atoms with van der Waals surface area (Å²) in [6, 6.07) is 8.26. The van der Waals surface area contributed by atoms with Crippen LogP contribution in [0.2, 0.25) is 0 Å². The van der Waals surface area contributed by atoms with E-state index in [1.807, 2.05) is 40.4 Å². The van der Waals surface area contributed by atoms with Crippen LogP contribution in [-0.4, -0.2) is 14.8 Å². The number of aromatic nitrogens is 3. The van der Waals surface area contributed by atoms with E-state index in [4.69, 9.17) is 0 Å². The average Bonchev–Trinajstić information content (AvgIpc) is 3.04. The maximum absolute atomic E-state index is 4.55. The molecule has 0 fully saturated rings. The van der Waals surface area contributed by atoms with Gasteiger partial charge in [-0.25, -0.2) is 0 Å². The quantitative estimate of drug-likeness (QED) is 0.782. The minimum Gasteiger partial charge on any atom is -0.364 e. The normalized spacial score (nSPS) is 10.8. The van der Waals surface area contributed by atoms with Gasteiger partial charge in [-0.2, -0.15) is 5.10 Å². The van der Waals surface area contributed by atoms with E-state index in [0.29, 0.717) is 0 Å². The van der Waals surface area contributed by atoms with Crippen LogP contribution in [0, 0.1) is 13.8 Å². The van der Waals surface area contributed by atoms with E-state index in [1.165, 1.54) is 20.9 Å². The zero-order valence-corrected chi connectivity index (χ0v) is 13.0. The van der Waals surface area contributed by atoms with E-state index >= 15 is 0 Å². The highest BCUT2D eigenvalue weighted by Gasteiger charge is 2.04. The fourth-order valence-corrected chi connectivity index (χ4v) is 3.21. The van der Waals surface area contributed by atoms with Gasteiger partial charge in [-0.05, 0) is 43.2 Å². The molecule has 0 aliphatic carbocycles. The maximum atomic E-state index is 4.55. The van der Waals surface area contributed by atoms with Crippen molar-refractivity contribution in [1.29, 1.82) is 0 Å². The lowest BCUT2D eigenvalue weighted by Gasteiger charge is -2.03. The lowest BCUT2D eigenvalue weighted by molar-refractivity contribution is 0.687. The highest BCUT2D eigenvalue weighted by atomic mass is 32.1. The molecule has 0 amide bonds. The summed E-state index contributed by atoms with van der Waals surface area (Å²) in [4.78, 5) is 6.75. The van der Waals surface area contributed by atoms with Crippen LogP contribution in [0.1, 0.15) is 20.9 Å². The molecule has 0 aliphatic heterocycles. The predicted octanol–water partition coefficient (Wildman–Crippen LogP) is 3.62. The summed E-state index contributed by atoms with van der Waals surface area (Å²) in [6.07, 6.45) is 5.60. The Kier molecular flexibility index (Phi) is 4.01. The Morgan fingerprint density at radius 3 is 2.71 bits per heavy atom. The highest BCUT2D eigenvalue weighted by molar-refractivity contribution is 7.12. The molecule has 21 heavy (non-hydrogen) atoms. The van der Waals surface area contributed by atoms with Crippen molar-refractivity contribution in [2.45, 2.75) is 26.9 Å². The largest absolute Gasteiger partial charge is 0.364 e. The molecule has 0 aliphatic rings. The number of nitrogens with one attached hydrogen (secondary N) is 1. The van der Waals surface area contributed by atoms with Crippen molar-refractivity contribution in [1.82, 2.24) is 14.8 Å².